The quantitative estimate of drug-likeness (QED) is 0.161. The number of carbonyl (C=O) groups is 4. The summed E-state index contributed by atoms with van der Waals surface area (Å²) in [6.07, 6.45) is 6.88. The first-order valence-electron chi connectivity index (χ1n) is 22.1. The summed E-state index contributed by atoms with van der Waals surface area (Å²) in [4.78, 5) is 62.7. The number of carbonyl (C=O) groups excluding carboxylic acids is 4. The molecule has 0 saturated carbocycles. The Kier molecular flexibility index (Phi) is 13.7. The largest absolute Gasteiger partial charge is 0.508 e. The molecular formula is C48H63N7O7. The fraction of sp³-hybridized carbons (Fsp3) is 0.521. The number of methoxy groups -OCH3 is 1. The highest BCUT2D eigenvalue weighted by molar-refractivity contribution is 5.96. The lowest BCUT2D eigenvalue weighted by Crippen LogP contribution is -2.62. The second-order valence-corrected chi connectivity index (χ2v) is 18.4. The van der Waals surface area contributed by atoms with E-state index in [1.165, 1.54) is 9.91 Å². The van der Waals surface area contributed by atoms with Crippen LogP contribution in [0.5, 0.6) is 5.75 Å². The van der Waals surface area contributed by atoms with Gasteiger partial charge in [0.05, 0.1) is 24.8 Å². The first kappa shape index (κ1) is 44.7. The van der Waals surface area contributed by atoms with E-state index < -0.39 is 41.3 Å². The van der Waals surface area contributed by atoms with Gasteiger partial charge in [-0.1, -0.05) is 39.8 Å². The summed E-state index contributed by atoms with van der Waals surface area (Å²) >= 11 is 0. The van der Waals surface area contributed by atoms with Gasteiger partial charge in [-0.15, -0.1) is 0 Å². The van der Waals surface area contributed by atoms with E-state index in [1.807, 2.05) is 38.2 Å². The number of esters is 1. The van der Waals surface area contributed by atoms with Gasteiger partial charge in [-0.2, -0.15) is 0 Å². The van der Waals surface area contributed by atoms with Crippen molar-refractivity contribution in [3.63, 3.8) is 0 Å². The second kappa shape index (κ2) is 19.0. The van der Waals surface area contributed by atoms with E-state index in [0.29, 0.717) is 51.1 Å². The SMILES string of the molecule is CCn1c(-c2cnccc2COC)c2c3cc(ccc31)-c1cc(O)cc(c1)C[C@H](NC(=O)C(C(C)C)N(C)C(=O)[C@H]1CCCNC1)C(=O)N1CCC[C@H](N1)C(=O)OCC(C)(C)C2. The van der Waals surface area contributed by atoms with E-state index in [4.69, 9.17) is 9.47 Å². The molecule has 2 aromatic carbocycles. The minimum Gasteiger partial charge on any atom is -0.508 e. The first-order chi connectivity index (χ1) is 29.7. The molecular weight excluding hydrogens is 787 g/mol. The number of hydrazine groups is 1. The number of piperidine rings is 1. The number of cyclic esters (lactones) is 1. The number of nitrogens with one attached hydrogen (secondary N) is 3. The maximum absolute atomic E-state index is 14.6. The van der Waals surface area contributed by atoms with Crippen LogP contribution in [0.25, 0.3) is 33.3 Å². The molecule has 14 nitrogen and oxygen atoms in total. The maximum atomic E-state index is 14.6. The Bertz CT molecular complexity index is 2300. The van der Waals surface area contributed by atoms with Crippen molar-refractivity contribution in [2.24, 2.45) is 17.3 Å². The van der Waals surface area contributed by atoms with E-state index in [2.05, 4.69) is 58.5 Å². The number of rotatable bonds is 9. The number of fused-ring (bicyclic) bond motifs is 6. The van der Waals surface area contributed by atoms with Crippen molar-refractivity contribution < 1.29 is 33.8 Å². The van der Waals surface area contributed by atoms with E-state index >= 15 is 0 Å². The Hall–Kier alpha value is -5.31. The highest BCUT2D eigenvalue weighted by Crippen LogP contribution is 2.41. The molecule has 6 bridgehead atoms. The number of phenolic OH excluding ortho intramolecular Hbond substituents is 1. The van der Waals surface area contributed by atoms with Gasteiger partial charge in [-0.3, -0.25) is 29.2 Å². The van der Waals surface area contributed by atoms with E-state index in [1.54, 1.807) is 32.5 Å². The molecule has 14 heteroatoms. The normalized spacial score (nSPS) is 21.3. The second-order valence-electron chi connectivity index (χ2n) is 18.4. The number of pyridine rings is 1. The van der Waals surface area contributed by atoms with Gasteiger partial charge in [-0.25, -0.2) is 5.43 Å². The predicted molar refractivity (Wildman–Crippen MR) is 238 cm³/mol. The fourth-order valence-electron chi connectivity index (χ4n) is 9.60. The number of nitrogens with zero attached hydrogens (tertiary/aromatic N) is 4. The number of likely N-dealkylation sites (N-methyl/N-ethyl adjacent to an activating group) is 1. The van der Waals surface area contributed by atoms with Crippen LogP contribution in [0.2, 0.25) is 0 Å². The Balaban J connectivity index is 1.33. The molecule has 0 spiro atoms. The fourth-order valence-corrected chi connectivity index (χ4v) is 9.60. The molecule has 7 rings (SSSR count). The Morgan fingerprint density at radius 2 is 1.90 bits per heavy atom. The smallest absolute Gasteiger partial charge is 0.324 e. The van der Waals surface area contributed by atoms with E-state index in [9.17, 15) is 24.3 Å². The zero-order chi connectivity index (χ0) is 44.3. The van der Waals surface area contributed by atoms with Crippen molar-refractivity contribution in [1.29, 1.82) is 0 Å². The Morgan fingerprint density at radius 3 is 2.63 bits per heavy atom. The number of aryl methyl sites for hydroxylation is 1. The van der Waals surface area contributed by atoms with Crippen molar-refractivity contribution in [3.05, 3.63) is 71.5 Å². The van der Waals surface area contributed by atoms with Crippen LogP contribution in [0.1, 0.15) is 77.0 Å². The van der Waals surface area contributed by atoms with Gasteiger partial charge in [0.2, 0.25) is 11.8 Å². The molecule has 0 aliphatic carbocycles. The monoisotopic (exact) mass is 849 g/mol. The molecule has 4 atom stereocenters. The van der Waals surface area contributed by atoms with Crippen LogP contribution in [0.15, 0.2) is 54.9 Å². The number of hydrogen-bond acceptors (Lipinski definition) is 10. The van der Waals surface area contributed by atoms with Crippen molar-refractivity contribution >= 4 is 34.6 Å². The molecule has 2 aromatic heterocycles. The first-order valence-corrected chi connectivity index (χ1v) is 22.1. The average molecular weight is 850 g/mol. The molecule has 2 fully saturated rings. The number of benzene rings is 2. The number of aromatic hydroxyl groups is 1. The molecule has 3 aliphatic heterocycles. The van der Waals surface area contributed by atoms with E-state index in [0.717, 1.165) is 63.8 Å². The minimum absolute atomic E-state index is 0.0163. The molecule has 0 radical (unpaired) electrons. The molecule has 1 unspecified atom stereocenters. The summed E-state index contributed by atoms with van der Waals surface area (Å²) in [6, 6.07) is 10.8. The van der Waals surface area contributed by atoms with Crippen LogP contribution in [-0.4, -0.2) is 107 Å². The Labute approximate surface area is 364 Å². The Morgan fingerprint density at radius 1 is 1.10 bits per heavy atom. The molecule has 4 N–H and O–H groups in total. The molecule has 3 aliphatic rings. The van der Waals surface area contributed by atoms with Gasteiger partial charge in [0.25, 0.3) is 5.91 Å². The number of ether oxygens (including phenoxy) is 2. The highest BCUT2D eigenvalue weighted by Gasteiger charge is 2.39. The zero-order valence-electron chi connectivity index (χ0n) is 37.3. The van der Waals surface area contributed by atoms with Crippen LogP contribution in [-0.2, 0) is 54.6 Å². The highest BCUT2D eigenvalue weighted by atomic mass is 16.5. The summed E-state index contributed by atoms with van der Waals surface area (Å²) < 4.78 is 14.0. The van der Waals surface area contributed by atoms with Gasteiger partial charge in [-0.05, 0) is 110 Å². The number of phenols is 1. The standard InChI is InChI=1S/C48H63N7O7/c1-8-54-41-14-13-31-23-36(41)37(43(54)38-26-50-17-15-33(38)27-61-7)24-48(4,5)28-62-47(60)39-12-10-18-55(52-39)46(59)40(21-30-19-34(31)22-35(56)20-30)51-44(57)42(29(2)3)53(6)45(58)32-11-9-16-49-25-32/h13-15,17,19-20,22-23,26,29,32,39-40,42,49,52,56H,8-12,16,18,21,24-25,27-28H2,1-7H3,(H,51,57)/t32-,39-,40-,42?/m0/s1. The third-order valence-electron chi connectivity index (χ3n) is 12.6. The molecule has 4 aromatic rings. The molecule has 2 saturated heterocycles. The summed E-state index contributed by atoms with van der Waals surface area (Å²) in [5.74, 6) is -1.93. The van der Waals surface area contributed by atoms with Crippen molar-refractivity contribution in [3.8, 4) is 28.1 Å². The summed E-state index contributed by atoms with van der Waals surface area (Å²) in [5, 5.41) is 20.0. The lowest BCUT2D eigenvalue weighted by Gasteiger charge is -2.37. The number of aromatic nitrogens is 2. The van der Waals surface area contributed by atoms with Crippen LogP contribution in [0.3, 0.4) is 0 Å². The average Bonchev–Trinajstić information content (AvgIpc) is 3.56. The lowest BCUT2D eigenvalue weighted by atomic mass is 9.84. The van der Waals surface area contributed by atoms with Gasteiger partial charge in [0.1, 0.15) is 23.9 Å². The molecule has 62 heavy (non-hydrogen) atoms. The predicted octanol–water partition coefficient (Wildman–Crippen LogP) is 5.37. The lowest BCUT2D eigenvalue weighted by molar-refractivity contribution is -0.155. The molecule has 5 heterocycles. The zero-order valence-corrected chi connectivity index (χ0v) is 37.3. The van der Waals surface area contributed by atoms with Crippen molar-refractivity contribution in [2.75, 3.05) is 40.4 Å². The van der Waals surface area contributed by atoms with Gasteiger partial charge < -0.3 is 34.7 Å². The summed E-state index contributed by atoms with van der Waals surface area (Å²) in [7, 11) is 3.34. The van der Waals surface area contributed by atoms with E-state index in [-0.39, 0.29) is 36.5 Å². The van der Waals surface area contributed by atoms with Gasteiger partial charge >= 0.3 is 5.97 Å². The maximum Gasteiger partial charge on any atom is 0.324 e. The summed E-state index contributed by atoms with van der Waals surface area (Å²) in [6.45, 7) is 13.0. The van der Waals surface area contributed by atoms with Crippen molar-refractivity contribution in [2.45, 2.75) is 104 Å². The molecule has 3 amide bonds. The number of amides is 3. The summed E-state index contributed by atoms with van der Waals surface area (Å²) in [5.41, 5.74) is 9.93. The van der Waals surface area contributed by atoms with Gasteiger partial charge in [0.15, 0.2) is 0 Å². The topological polar surface area (TPSA) is 167 Å². The van der Waals surface area contributed by atoms with Crippen LogP contribution in [0, 0.1) is 17.3 Å². The number of hydrogen-bond donors (Lipinski definition) is 4. The van der Waals surface area contributed by atoms with Crippen LogP contribution in [0.4, 0.5) is 0 Å². The third kappa shape index (κ3) is 9.52. The third-order valence-corrected chi connectivity index (χ3v) is 12.6. The minimum atomic E-state index is -1.10. The van der Waals surface area contributed by atoms with Crippen LogP contribution >= 0.6 is 0 Å². The van der Waals surface area contributed by atoms with Crippen molar-refractivity contribution in [1.82, 2.24) is 35.5 Å². The molecule has 332 valence electrons. The van der Waals surface area contributed by atoms with Gasteiger partial charge in [0, 0.05) is 74.5 Å². The van der Waals surface area contributed by atoms with Crippen LogP contribution < -0.4 is 16.1 Å².